The largest absolute Gasteiger partial charge is 0.311 e. The second-order valence-corrected chi connectivity index (χ2v) is 23.0. The number of fused-ring (bicyclic) bond motifs is 7. The van der Waals surface area contributed by atoms with Crippen LogP contribution < -0.4 is 26.2 Å². The fourth-order valence-electron chi connectivity index (χ4n) is 9.86. The maximum atomic E-state index is 2.62. The van der Waals surface area contributed by atoms with Crippen LogP contribution in [-0.2, 0) is 21.7 Å². The predicted octanol–water partition coefficient (Wildman–Crippen LogP) is 15.0. The molecule has 0 saturated heterocycles. The summed E-state index contributed by atoms with van der Waals surface area (Å²) in [6, 6.07) is 54.1. The average molecular weight is 827 g/mol. The molecule has 0 aliphatic carbocycles. The molecule has 3 heterocycles. The van der Waals surface area contributed by atoms with E-state index < -0.39 is 0 Å². The highest BCUT2D eigenvalue weighted by atomic mass is 32.1. The summed E-state index contributed by atoms with van der Waals surface area (Å²) in [4.78, 5) is 5.19. The standard InChI is InChI=1S/C58H59BN2S/c1-55(2,3)37-23-27-41(28-24-37)60-47-30-26-38(56(4,5)6)32-46(47)59-45-29-25-39(57(7,8)9)33-48(45)61(50-35-40(58(10,11)12)34-49(60)54(50)59)42-18-15-17-36(31-42)43-20-16-22-52-53(43)44-19-13-14-21-51(44)62-52/h13-35H,1-12H3. The SMILES string of the molecule is CC(C)(C)c1ccc(N2c3ccc(C(C)(C)C)cc3B3c4ccc(C(C)(C)C)cc4N(c4cccc(-c5cccc6sc7ccccc7c56)c4)c4cc(C(C)(C)C)cc2c43)cc1. The Morgan fingerprint density at radius 2 is 0.968 bits per heavy atom. The molecule has 310 valence electrons. The molecule has 0 atom stereocenters. The van der Waals surface area contributed by atoms with Crippen molar-refractivity contribution in [3.05, 3.63) is 162 Å². The lowest BCUT2D eigenvalue weighted by atomic mass is 9.33. The fraction of sp³-hybridized carbons (Fsp3) is 0.276. The van der Waals surface area contributed by atoms with E-state index in [0.717, 1.165) is 0 Å². The van der Waals surface area contributed by atoms with Gasteiger partial charge in [0.25, 0.3) is 6.71 Å². The third kappa shape index (κ3) is 6.60. The molecule has 2 aliphatic heterocycles. The minimum Gasteiger partial charge on any atom is -0.311 e. The number of hydrogen-bond donors (Lipinski definition) is 0. The number of anilines is 6. The third-order valence-electron chi connectivity index (χ3n) is 13.5. The minimum atomic E-state index is -0.101. The minimum absolute atomic E-state index is 0.00981. The van der Waals surface area contributed by atoms with Crippen molar-refractivity contribution in [2.45, 2.75) is 105 Å². The van der Waals surface area contributed by atoms with Crippen LogP contribution in [-0.4, -0.2) is 6.71 Å². The van der Waals surface area contributed by atoms with Crippen LogP contribution in [0.25, 0.3) is 31.3 Å². The quantitative estimate of drug-likeness (QED) is 0.164. The maximum Gasteiger partial charge on any atom is 0.252 e. The number of nitrogens with zero attached hydrogens (tertiary/aromatic N) is 2. The smallest absolute Gasteiger partial charge is 0.252 e. The number of hydrogen-bond acceptors (Lipinski definition) is 3. The number of rotatable bonds is 3. The highest BCUT2D eigenvalue weighted by Crippen LogP contribution is 2.48. The normalized spacial score (nSPS) is 14.0. The second-order valence-electron chi connectivity index (χ2n) is 22.0. The Hall–Kier alpha value is -5.58. The van der Waals surface area contributed by atoms with Crippen molar-refractivity contribution >= 4 is 88.7 Å². The van der Waals surface area contributed by atoms with E-state index in [1.807, 2.05) is 11.3 Å². The summed E-state index contributed by atoms with van der Waals surface area (Å²) in [5.74, 6) is 0. The van der Waals surface area contributed by atoms with E-state index in [1.165, 1.54) is 104 Å². The van der Waals surface area contributed by atoms with Gasteiger partial charge < -0.3 is 9.80 Å². The van der Waals surface area contributed by atoms with E-state index in [4.69, 9.17) is 0 Å². The Morgan fingerprint density at radius 3 is 1.65 bits per heavy atom. The summed E-state index contributed by atoms with van der Waals surface area (Å²) in [5.41, 5.74) is 19.3. The van der Waals surface area contributed by atoms with Crippen LogP contribution in [0.1, 0.15) is 105 Å². The van der Waals surface area contributed by atoms with Gasteiger partial charge in [-0.05, 0) is 132 Å². The summed E-state index contributed by atoms with van der Waals surface area (Å²) >= 11 is 1.88. The molecule has 0 fully saturated rings. The first-order chi connectivity index (χ1) is 29.3. The Morgan fingerprint density at radius 1 is 0.403 bits per heavy atom. The predicted molar refractivity (Wildman–Crippen MR) is 274 cm³/mol. The van der Waals surface area contributed by atoms with Gasteiger partial charge in [0.05, 0.1) is 0 Å². The van der Waals surface area contributed by atoms with Gasteiger partial charge in [0.1, 0.15) is 0 Å². The Bertz CT molecular complexity index is 3070. The first kappa shape index (κ1) is 40.5. The average Bonchev–Trinajstić information content (AvgIpc) is 3.61. The van der Waals surface area contributed by atoms with Crippen LogP contribution >= 0.6 is 11.3 Å². The van der Waals surface area contributed by atoms with Crippen LogP contribution in [0, 0.1) is 0 Å². The van der Waals surface area contributed by atoms with Crippen LogP contribution in [0.4, 0.5) is 34.1 Å². The number of benzene rings is 7. The molecule has 0 bridgehead atoms. The van der Waals surface area contributed by atoms with Crippen molar-refractivity contribution in [1.29, 1.82) is 0 Å². The van der Waals surface area contributed by atoms with E-state index in [-0.39, 0.29) is 28.4 Å². The van der Waals surface area contributed by atoms with Gasteiger partial charge in [0, 0.05) is 54.3 Å². The molecule has 2 aliphatic rings. The van der Waals surface area contributed by atoms with Gasteiger partial charge in [0.15, 0.2) is 0 Å². The van der Waals surface area contributed by atoms with Gasteiger partial charge >= 0.3 is 0 Å². The van der Waals surface area contributed by atoms with Crippen LogP contribution in [0.5, 0.6) is 0 Å². The topological polar surface area (TPSA) is 6.48 Å². The monoisotopic (exact) mass is 826 g/mol. The van der Waals surface area contributed by atoms with Gasteiger partial charge in [-0.2, -0.15) is 0 Å². The third-order valence-corrected chi connectivity index (χ3v) is 14.6. The highest BCUT2D eigenvalue weighted by Gasteiger charge is 2.45. The molecule has 8 aromatic rings. The molecular weight excluding hydrogens is 768 g/mol. The molecule has 7 aromatic carbocycles. The number of thiophene rings is 1. The molecule has 62 heavy (non-hydrogen) atoms. The first-order valence-corrected chi connectivity index (χ1v) is 23.3. The van der Waals surface area contributed by atoms with Crippen molar-refractivity contribution in [2.24, 2.45) is 0 Å². The summed E-state index contributed by atoms with van der Waals surface area (Å²) in [5, 5.41) is 2.66. The van der Waals surface area contributed by atoms with Gasteiger partial charge in [-0.25, -0.2) is 0 Å². The molecule has 0 saturated carbocycles. The Kier molecular flexibility index (Phi) is 9.12. The van der Waals surface area contributed by atoms with Gasteiger partial charge in [-0.1, -0.05) is 162 Å². The lowest BCUT2D eigenvalue weighted by molar-refractivity contribution is 0.589. The molecule has 0 radical (unpaired) electrons. The van der Waals surface area contributed by atoms with Crippen molar-refractivity contribution in [3.8, 4) is 11.1 Å². The van der Waals surface area contributed by atoms with E-state index in [0.29, 0.717) is 0 Å². The fourth-order valence-corrected chi connectivity index (χ4v) is 11.0. The second kappa shape index (κ2) is 14.0. The molecular formula is C58H59BN2S. The zero-order chi connectivity index (χ0) is 43.7. The van der Waals surface area contributed by atoms with E-state index in [9.17, 15) is 0 Å². The van der Waals surface area contributed by atoms with Crippen molar-refractivity contribution < 1.29 is 0 Å². The first-order valence-electron chi connectivity index (χ1n) is 22.5. The van der Waals surface area contributed by atoms with E-state index in [1.54, 1.807) is 0 Å². The van der Waals surface area contributed by atoms with Crippen molar-refractivity contribution in [3.63, 3.8) is 0 Å². The van der Waals surface area contributed by atoms with E-state index in [2.05, 4.69) is 232 Å². The van der Waals surface area contributed by atoms with Crippen LogP contribution in [0.2, 0.25) is 0 Å². The van der Waals surface area contributed by atoms with Crippen LogP contribution in [0.15, 0.2) is 140 Å². The molecule has 0 N–H and O–H groups in total. The molecule has 0 unspecified atom stereocenters. The lowest BCUT2D eigenvalue weighted by Crippen LogP contribution is -2.61. The Labute approximate surface area is 374 Å². The van der Waals surface area contributed by atoms with Crippen molar-refractivity contribution in [2.75, 3.05) is 9.80 Å². The molecule has 1 aromatic heterocycles. The zero-order valence-electron chi connectivity index (χ0n) is 38.7. The molecule has 0 spiro atoms. The van der Waals surface area contributed by atoms with Gasteiger partial charge in [0.2, 0.25) is 0 Å². The molecule has 10 rings (SSSR count). The van der Waals surface area contributed by atoms with Crippen molar-refractivity contribution in [1.82, 2.24) is 0 Å². The summed E-state index contributed by atoms with van der Waals surface area (Å²) in [6.45, 7) is 28.1. The molecule has 0 amide bonds. The highest BCUT2D eigenvalue weighted by molar-refractivity contribution is 7.26. The summed E-state index contributed by atoms with van der Waals surface area (Å²) in [7, 11) is 0. The van der Waals surface area contributed by atoms with E-state index >= 15 is 0 Å². The summed E-state index contributed by atoms with van der Waals surface area (Å²) in [6.07, 6.45) is 0. The molecule has 2 nitrogen and oxygen atoms in total. The van der Waals surface area contributed by atoms with Crippen LogP contribution in [0.3, 0.4) is 0 Å². The molecule has 4 heteroatoms. The summed E-state index contributed by atoms with van der Waals surface area (Å²) < 4.78 is 2.65. The Balaban J connectivity index is 1.29. The lowest BCUT2D eigenvalue weighted by Gasteiger charge is -2.45. The van der Waals surface area contributed by atoms with Gasteiger partial charge in [-0.3, -0.25) is 0 Å². The zero-order valence-corrected chi connectivity index (χ0v) is 39.5. The maximum absolute atomic E-state index is 2.62. The van der Waals surface area contributed by atoms with Gasteiger partial charge in [-0.15, -0.1) is 11.3 Å².